The largest absolute Gasteiger partial charge is 0.359 e. The summed E-state index contributed by atoms with van der Waals surface area (Å²) >= 11 is 0. The normalized spacial score (nSPS) is 26.9. The maximum Gasteiger partial charge on any atom is 0.119 e. The summed E-state index contributed by atoms with van der Waals surface area (Å²) in [5.41, 5.74) is 2.29. The van der Waals surface area contributed by atoms with Crippen LogP contribution in [-0.4, -0.2) is 23.8 Å². The first-order valence-corrected chi connectivity index (χ1v) is 6.33. The van der Waals surface area contributed by atoms with Gasteiger partial charge in [-0.25, -0.2) is 4.99 Å². The van der Waals surface area contributed by atoms with Crippen LogP contribution in [0.4, 0.5) is 5.69 Å². The van der Waals surface area contributed by atoms with Gasteiger partial charge in [0.1, 0.15) is 5.84 Å². The Bertz CT molecular complexity index is 483. The fraction of sp³-hybridized carbons (Fsp3) is 0.400. The minimum Gasteiger partial charge on any atom is -0.359 e. The second kappa shape index (κ2) is 3.73. The smallest absolute Gasteiger partial charge is 0.119 e. The molecule has 1 fully saturated rings. The molecular formula is C15H18N2. The summed E-state index contributed by atoms with van der Waals surface area (Å²) in [6.07, 6.45) is 4.60. The van der Waals surface area contributed by atoms with Crippen molar-refractivity contribution >= 4 is 11.5 Å². The zero-order valence-corrected chi connectivity index (χ0v) is 10.3. The quantitative estimate of drug-likeness (QED) is 0.671. The summed E-state index contributed by atoms with van der Waals surface area (Å²) in [6, 6.07) is 8.41. The van der Waals surface area contributed by atoms with E-state index in [1.165, 1.54) is 24.2 Å². The van der Waals surface area contributed by atoms with Gasteiger partial charge in [0.15, 0.2) is 0 Å². The van der Waals surface area contributed by atoms with Gasteiger partial charge in [0, 0.05) is 13.1 Å². The summed E-state index contributed by atoms with van der Waals surface area (Å²) in [7, 11) is 0. The molecule has 0 bridgehead atoms. The van der Waals surface area contributed by atoms with Crippen LogP contribution in [-0.2, 0) is 5.41 Å². The number of para-hydroxylation sites is 1. The van der Waals surface area contributed by atoms with E-state index in [4.69, 9.17) is 4.99 Å². The van der Waals surface area contributed by atoms with Crippen molar-refractivity contribution in [3.05, 3.63) is 42.5 Å². The van der Waals surface area contributed by atoms with Crippen LogP contribution in [0.5, 0.6) is 0 Å². The number of likely N-dealkylation sites (tertiary alicyclic amines) is 1. The maximum atomic E-state index is 4.83. The molecule has 0 saturated carbocycles. The lowest BCUT2D eigenvalue weighted by Crippen LogP contribution is -2.40. The Kier molecular flexibility index (Phi) is 2.32. The topological polar surface area (TPSA) is 15.6 Å². The number of nitrogens with zero attached hydrogens (tertiary/aromatic N) is 2. The number of hydrogen-bond acceptors (Lipinski definition) is 2. The third-order valence-electron chi connectivity index (χ3n) is 3.97. The molecule has 17 heavy (non-hydrogen) atoms. The fourth-order valence-electron chi connectivity index (χ4n) is 2.89. The molecule has 3 rings (SSSR count). The van der Waals surface area contributed by atoms with Crippen molar-refractivity contribution < 1.29 is 0 Å². The zero-order valence-electron chi connectivity index (χ0n) is 10.3. The molecule has 0 radical (unpaired) electrons. The second-order valence-electron chi connectivity index (χ2n) is 5.05. The van der Waals surface area contributed by atoms with Crippen LogP contribution in [0.15, 0.2) is 41.9 Å². The van der Waals surface area contributed by atoms with Crippen molar-refractivity contribution in [2.75, 3.05) is 13.1 Å². The molecule has 1 atom stereocenters. The number of hydrogen-bond donors (Lipinski definition) is 0. The summed E-state index contributed by atoms with van der Waals surface area (Å²) in [4.78, 5) is 7.25. The van der Waals surface area contributed by atoms with Crippen molar-refractivity contribution in [3.63, 3.8) is 0 Å². The predicted molar refractivity (Wildman–Crippen MR) is 71.9 cm³/mol. The molecule has 88 valence electrons. The van der Waals surface area contributed by atoms with Crippen LogP contribution < -0.4 is 0 Å². The van der Waals surface area contributed by atoms with Crippen LogP contribution >= 0.6 is 0 Å². The Morgan fingerprint density at radius 3 is 2.71 bits per heavy atom. The number of fused-ring (bicyclic) bond motifs is 1. The second-order valence-corrected chi connectivity index (χ2v) is 5.05. The molecule has 2 nitrogen and oxygen atoms in total. The molecule has 1 unspecified atom stereocenters. The standard InChI is InChI=1S/C15H18N2/c1-3-15(2)12-8-4-5-9-13(12)16-14(15)17-10-6-7-11-17/h3-5,8-9H,1,6-7,10-11H2,2H3. The van der Waals surface area contributed by atoms with E-state index in [1.54, 1.807) is 0 Å². The number of aliphatic imine (C=N–C) groups is 1. The van der Waals surface area contributed by atoms with Gasteiger partial charge in [-0.3, -0.25) is 0 Å². The van der Waals surface area contributed by atoms with Crippen molar-refractivity contribution in [2.24, 2.45) is 4.99 Å². The zero-order chi connectivity index (χ0) is 11.9. The van der Waals surface area contributed by atoms with Crippen molar-refractivity contribution in [3.8, 4) is 0 Å². The van der Waals surface area contributed by atoms with Gasteiger partial charge in [0.05, 0.1) is 11.1 Å². The minimum absolute atomic E-state index is 0.110. The average Bonchev–Trinajstić information content (AvgIpc) is 2.97. The van der Waals surface area contributed by atoms with E-state index in [2.05, 4.69) is 42.7 Å². The molecule has 1 aromatic rings. The van der Waals surface area contributed by atoms with E-state index in [9.17, 15) is 0 Å². The number of rotatable bonds is 1. The SMILES string of the molecule is C=CC1(C)C(N2CCCC2)=Nc2ccccc21. The highest BCUT2D eigenvalue weighted by Gasteiger charge is 2.40. The maximum absolute atomic E-state index is 4.83. The Hall–Kier alpha value is -1.57. The highest BCUT2D eigenvalue weighted by molar-refractivity contribution is 6.01. The van der Waals surface area contributed by atoms with E-state index >= 15 is 0 Å². The van der Waals surface area contributed by atoms with Gasteiger partial charge in [0.25, 0.3) is 0 Å². The van der Waals surface area contributed by atoms with E-state index < -0.39 is 0 Å². The van der Waals surface area contributed by atoms with Crippen LogP contribution in [0, 0.1) is 0 Å². The first kappa shape index (κ1) is 10.6. The lowest BCUT2D eigenvalue weighted by Gasteiger charge is -2.30. The average molecular weight is 226 g/mol. The first-order chi connectivity index (χ1) is 8.25. The monoisotopic (exact) mass is 226 g/mol. The summed E-state index contributed by atoms with van der Waals surface area (Å²) in [5, 5.41) is 0. The van der Waals surface area contributed by atoms with Crippen LogP contribution in [0.1, 0.15) is 25.3 Å². The lowest BCUT2D eigenvalue weighted by atomic mass is 9.82. The van der Waals surface area contributed by atoms with Crippen molar-refractivity contribution in [2.45, 2.75) is 25.2 Å². The minimum atomic E-state index is -0.110. The highest BCUT2D eigenvalue weighted by atomic mass is 15.2. The Labute approximate surface area is 103 Å². The molecule has 1 saturated heterocycles. The number of amidine groups is 1. The van der Waals surface area contributed by atoms with E-state index in [1.807, 2.05) is 6.08 Å². The molecule has 0 N–H and O–H groups in total. The lowest BCUT2D eigenvalue weighted by molar-refractivity contribution is 0.487. The Balaban J connectivity index is 2.09. The summed E-state index contributed by atoms with van der Waals surface area (Å²) < 4.78 is 0. The van der Waals surface area contributed by atoms with Gasteiger partial charge in [-0.05, 0) is 31.4 Å². The van der Waals surface area contributed by atoms with Crippen molar-refractivity contribution in [1.29, 1.82) is 0 Å². The summed E-state index contributed by atoms with van der Waals surface area (Å²) in [6.45, 7) is 8.52. The molecule has 1 aromatic carbocycles. The first-order valence-electron chi connectivity index (χ1n) is 6.33. The molecular weight excluding hydrogens is 208 g/mol. The molecule has 0 aliphatic carbocycles. The molecule has 2 heterocycles. The third-order valence-corrected chi connectivity index (χ3v) is 3.97. The van der Waals surface area contributed by atoms with E-state index in [0.717, 1.165) is 18.8 Å². The van der Waals surface area contributed by atoms with Gasteiger partial charge in [-0.1, -0.05) is 24.3 Å². The summed E-state index contributed by atoms with van der Waals surface area (Å²) in [5.74, 6) is 1.19. The van der Waals surface area contributed by atoms with Gasteiger partial charge in [-0.2, -0.15) is 0 Å². The van der Waals surface area contributed by atoms with Gasteiger partial charge in [-0.15, -0.1) is 6.58 Å². The van der Waals surface area contributed by atoms with Crippen LogP contribution in [0.3, 0.4) is 0 Å². The van der Waals surface area contributed by atoms with Crippen molar-refractivity contribution in [1.82, 2.24) is 4.90 Å². The van der Waals surface area contributed by atoms with Gasteiger partial charge >= 0.3 is 0 Å². The Morgan fingerprint density at radius 1 is 1.29 bits per heavy atom. The fourth-order valence-corrected chi connectivity index (χ4v) is 2.89. The Morgan fingerprint density at radius 2 is 2.00 bits per heavy atom. The molecule has 2 heteroatoms. The highest BCUT2D eigenvalue weighted by Crippen LogP contribution is 2.42. The molecule has 0 amide bonds. The molecule has 0 spiro atoms. The van der Waals surface area contributed by atoms with E-state index in [0.29, 0.717) is 0 Å². The third kappa shape index (κ3) is 1.43. The van der Waals surface area contributed by atoms with Gasteiger partial charge in [0.2, 0.25) is 0 Å². The van der Waals surface area contributed by atoms with Crippen LogP contribution in [0.2, 0.25) is 0 Å². The molecule has 0 aromatic heterocycles. The molecule has 2 aliphatic heterocycles. The number of benzene rings is 1. The molecule has 2 aliphatic rings. The van der Waals surface area contributed by atoms with E-state index in [-0.39, 0.29) is 5.41 Å². The van der Waals surface area contributed by atoms with Gasteiger partial charge < -0.3 is 4.90 Å². The predicted octanol–water partition coefficient (Wildman–Crippen LogP) is 3.27. The van der Waals surface area contributed by atoms with Crippen LogP contribution in [0.25, 0.3) is 0 Å².